The molecule has 0 bridgehead atoms. The summed E-state index contributed by atoms with van der Waals surface area (Å²) < 4.78 is 10.1. The third-order valence-corrected chi connectivity index (χ3v) is 3.23. The smallest absolute Gasteiger partial charge is 0.290 e. The van der Waals surface area contributed by atoms with Gasteiger partial charge in [-0.05, 0) is 24.6 Å². The predicted octanol–water partition coefficient (Wildman–Crippen LogP) is 1.59. The summed E-state index contributed by atoms with van der Waals surface area (Å²) in [4.78, 5) is 23.5. The third kappa shape index (κ3) is 4.13. The fraction of sp³-hybridized carbons (Fsp3) is 0.286. The maximum absolute atomic E-state index is 11.8. The first-order valence-electron chi connectivity index (χ1n) is 6.35. The largest absolute Gasteiger partial charge is 0.494 e. The van der Waals surface area contributed by atoms with Crippen LogP contribution < -0.4 is 10.6 Å². The summed E-state index contributed by atoms with van der Waals surface area (Å²) in [6.45, 7) is 2.35. The molecule has 6 nitrogen and oxygen atoms in total. The van der Waals surface area contributed by atoms with Gasteiger partial charge in [-0.2, -0.15) is 0 Å². The molecule has 0 aromatic heterocycles. The van der Waals surface area contributed by atoms with Crippen LogP contribution in [0, 0.1) is 6.92 Å². The molecule has 0 spiro atoms. The maximum atomic E-state index is 11.8. The van der Waals surface area contributed by atoms with Crippen molar-refractivity contribution in [3.63, 3.8) is 0 Å². The minimum atomic E-state index is -0.493. The molecule has 0 aliphatic carbocycles. The van der Waals surface area contributed by atoms with E-state index in [0.717, 1.165) is 5.56 Å². The molecule has 21 heavy (non-hydrogen) atoms. The second kappa shape index (κ2) is 6.99. The van der Waals surface area contributed by atoms with Crippen LogP contribution in [0.4, 0.5) is 5.69 Å². The molecule has 2 rings (SSSR count). The summed E-state index contributed by atoms with van der Waals surface area (Å²) >= 11 is 5.97. The molecular weight excluding hydrogens is 296 g/mol. The van der Waals surface area contributed by atoms with E-state index in [4.69, 9.17) is 21.1 Å². The predicted molar refractivity (Wildman–Crippen MR) is 77.8 cm³/mol. The zero-order valence-corrected chi connectivity index (χ0v) is 12.2. The van der Waals surface area contributed by atoms with E-state index < -0.39 is 5.91 Å². The normalized spacial score (nSPS) is 13.5. The van der Waals surface area contributed by atoms with Crippen LogP contribution in [-0.2, 0) is 19.1 Å². The van der Waals surface area contributed by atoms with Gasteiger partial charge in [-0.1, -0.05) is 17.7 Å². The number of nitrogens with one attached hydrogen (secondary N) is 2. The standard InChI is InChI=1S/C14H15ClN2O4/c1-9-10(15)3-2-4-11(9)17-13(18)7-16-14(19)12-8-20-5-6-21-12/h2-4,8H,5-7H2,1H3,(H,16,19)(H,17,18). The molecule has 0 radical (unpaired) electrons. The van der Waals surface area contributed by atoms with E-state index in [9.17, 15) is 9.59 Å². The van der Waals surface area contributed by atoms with Gasteiger partial charge in [0.25, 0.3) is 5.91 Å². The molecular formula is C14H15ClN2O4. The maximum Gasteiger partial charge on any atom is 0.290 e. The Kier molecular flexibility index (Phi) is 5.05. The van der Waals surface area contributed by atoms with E-state index in [-0.39, 0.29) is 18.2 Å². The van der Waals surface area contributed by atoms with Gasteiger partial charge in [0.1, 0.15) is 19.5 Å². The highest BCUT2D eigenvalue weighted by Crippen LogP contribution is 2.22. The van der Waals surface area contributed by atoms with Crippen LogP contribution in [0.3, 0.4) is 0 Å². The number of benzene rings is 1. The van der Waals surface area contributed by atoms with Crippen LogP contribution in [0.15, 0.2) is 30.2 Å². The number of amides is 2. The molecule has 0 fully saturated rings. The summed E-state index contributed by atoms with van der Waals surface area (Å²) in [7, 11) is 0. The van der Waals surface area contributed by atoms with E-state index in [1.165, 1.54) is 6.26 Å². The third-order valence-electron chi connectivity index (χ3n) is 2.82. The molecule has 2 amide bonds. The van der Waals surface area contributed by atoms with Crippen molar-refractivity contribution >= 4 is 29.1 Å². The van der Waals surface area contributed by atoms with E-state index in [2.05, 4.69) is 10.6 Å². The van der Waals surface area contributed by atoms with Gasteiger partial charge in [0.05, 0.1) is 6.54 Å². The number of halogens is 1. The van der Waals surface area contributed by atoms with Crippen molar-refractivity contribution in [2.45, 2.75) is 6.92 Å². The fourth-order valence-corrected chi connectivity index (χ4v) is 1.85. The van der Waals surface area contributed by atoms with Gasteiger partial charge in [0.2, 0.25) is 11.7 Å². The Labute approximate surface area is 127 Å². The monoisotopic (exact) mass is 310 g/mol. The summed E-state index contributed by atoms with van der Waals surface area (Å²) in [5.74, 6) is -0.785. The second-order valence-corrected chi connectivity index (χ2v) is 4.75. The number of rotatable bonds is 4. The average molecular weight is 311 g/mol. The lowest BCUT2D eigenvalue weighted by molar-refractivity contribution is -0.125. The average Bonchev–Trinajstić information content (AvgIpc) is 2.50. The summed E-state index contributed by atoms with van der Waals surface area (Å²) in [6, 6.07) is 5.21. The quantitative estimate of drug-likeness (QED) is 0.885. The van der Waals surface area contributed by atoms with Gasteiger partial charge in [-0.3, -0.25) is 9.59 Å². The van der Waals surface area contributed by atoms with Crippen molar-refractivity contribution in [2.24, 2.45) is 0 Å². The number of hydrogen-bond acceptors (Lipinski definition) is 4. The van der Waals surface area contributed by atoms with Gasteiger partial charge in [0.15, 0.2) is 0 Å². The molecule has 0 saturated heterocycles. The Morgan fingerprint density at radius 3 is 2.86 bits per heavy atom. The first kappa shape index (κ1) is 15.2. The lowest BCUT2D eigenvalue weighted by atomic mass is 10.2. The molecule has 1 aromatic carbocycles. The van der Waals surface area contributed by atoms with Gasteiger partial charge in [-0.25, -0.2) is 0 Å². The van der Waals surface area contributed by atoms with Crippen LogP contribution in [0.5, 0.6) is 0 Å². The molecule has 1 aromatic rings. The molecule has 112 valence electrons. The summed E-state index contributed by atoms with van der Waals surface area (Å²) in [5, 5.41) is 5.69. The molecule has 0 saturated carbocycles. The van der Waals surface area contributed by atoms with Gasteiger partial charge in [0, 0.05) is 10.7 Å². The molecule has 1 heterocycles. The van der Waals surface area contributed by atoms with Crippen LogP contribution in [0.2, 0.25) is 5.02 Å². The number of carbonyl (C=O) groups excluding carboxylic acids is 2. The number of carbonyl (C=O) groups is 2. The zero-order chi connectivity index (χ0) is 15.2. The SMILES string of the molecule is Cc1c(Cl)cccc1NC(=O)CNC(=O)C1=COCCO1. The zero-order valence-electron chi connectivity index (χ0n) is 11.4. The van der Waals surface area contributed by atoms with Gasteiger partial charge in [-0.15, -0.1) is 0 Å². The topological polar surface area (TPSA) is 76.7 Å². The Balaban J connectivity index is 1.86. The van der Waals surface area contributed by atoms with Crippen molar-refractivity contribution in [1.82, 2.24) is 5.32 Å². The van der Waals surface area contributed by atoms with Gasteiger partial charge < -0.3 is 20.1 Å². The van der Waals surface area contributed by atoms with E-state index in [1.54, 1.807) is 25.1 Å². The van der Waals surface area contributed by atoms with E-state index in [1.807, 2.05) is 0 Å². The number of hydrogen-bond donors (Lipinski definition) is 2. The lowest BCUT2D eigenvalue weighted by Crippen LogP contribution is -2.35. The Hall–Kier alpha value is -2.21. The summed E-state index contributed by atoms with van der Waals surface area (Å²) in [5.41, 5.74) is 1.38. The molecule has 0 atom stereocenters. The molecule has 7 heteroatoms. The van der Waals surface area contributed by atoms with Crippen molar-refractivity contribution < 1.29 is 19.1 Å². The highest BCUT2D eigenvalue weighted by atomic mass is 35.5. The molecule has 1 aliphatic heterocycles. The van der Waals surface area contributed by atoms with Crippen molar-refractivity contribution in [1.29, 1.82) is 0 Å². The van der Waals surface area contributed by atoms with Crippen LogP contribution >= 0.6 is 11.6 Å². The number of ether oxygens (including phenoxy) is 2. The van der Waals surface area contributed by atoms with E-state index in [0.29, 0.717) is 23.9 Å². The first-order chi connectivity index (χ1) is 10.1. The van der Waals surface area contributed by atoms with Crippen molar-refractivity contribution in [2.75, 3.05) is 25.1 Å². The van der Waals surface area contributed by atoms with Crippen LogP contribution in [-0.4, -0.2) is 31.6 Å². The fourth-order valence-electron chi connectivity index (χ4n) is 1.67. The second-order valence-electron chi connectivity index (χ2n) is 4.34. The molecule has 1 aliphatic rings. The van der Waals surface area contributed by atoms with Crippen LogP contribution in [0.1, 0.15) is 5.56 Å². The minimum absolute atomic E-state index is 0.0630. The lowest BCUT2D eigenvalue weighted by Gasteiger charge is -2.15. The van der Waals surface area contributed by atoms with Crippen LogP contribution in [0.25, 0.3) is 0 Å². The highest BCUT2D eigenvalue weighted by molar-refractivity contribution is 6.31. The summed E-state index contributed by atoms with van der Waals surface area (Å²) in [6.07, 6.45) is 1.23. The Morgan fingerprint density at radius 2 is 2.14 bits per heavy atom. The number of anilines is 1. The minimum Gasteiger partial charge on any atom is -0.494 e. The van der Waals surface area contributed by atoms with Crippen molar-refractivity contribution in [3.05, 3.63) is 40.8 Å². The Bertz CT molecular complexity index is 586. The van der Waals surface area contributed by atoms with E-state index >= 15 is 0 Å². The molecule has 0 unspecified atom stereocenters. The Morgan fingerprint density at radius 1 is 1.33 bits per heavy atom. The van der Waals surface area contributed by atoms with Crippen molar-refractivity contribution in [3.8, 4) is 0 Å². The molecule has 2 N–H and O–H groups in total. The first-order valence-corrected chi connectivity index (χ1v) is 6.73. The van der Waals surface area contributed by atoms with Gasteiger partial charge >= 0.3 is 0 Å². The highest BCUT2D eigenvalue weighted by Gasteiger charge is 2.16.